The first kappa shape index (κ1) is 20.2. The van der Waals surface area contributed by atoms with Crippen LogP contribution in [0.3, 0.4) is 0 Å². The van der Waals surface area contributed by atoms with Crippen molar-refractivity contribution in [2.24, 2.45) is 0 Å². The first-order valence-corrected chi connectivity index (χ1v) is 7.50. The number of rotatable bonds is 4. The molecule has 0 saturated carbocycles. The maximum absolute atomic E-state index is 12.0. The maximum atomic E-state index is 12.0. The SMILES string of the molecule is O=C(CNC(=O)c1ncc(-c2cccc(Cl)c2)cc1O)OC(=O)C(F)(F)F. The predicted octanol–water partition coefficient (Wildman–Crippen LogP) is 2.47. The van der Waals surface area contributed by atoms with Gasteiger partial charge in [-0.3, -0.25) is 4.79 Å². The molecule has 1 heterocycles. The van der Waals surface area contributed by atoms with Gasteiger partial charge in [0, 0.05) is 16.8 Å². The fourth-order valence-electron chi connectivity index (χ4n) is 1.89. The summed E-state index contributed by atoms with van der Waals surface area (Å²) in [6.07, 6.45) is -4.08. The summed E-state index contributed by atoms with van der Waals surface area (Å²) in [6.45, 7) is -1.03. The van der Waals surface area contributed by atoms with E-state index in [1.165, 1.54) is 12.3 Å². The molecule has 0 spiro atoms. The second-order valence-corrected chi connectivity index (χ2v) is 5.48. The summed E-state index contributed by atoms with van der Waals surface area (Å²) < 4.78 is 39.4. The number of halogens is 4. The van der Waals surface area contributed by atoms with Crippen LogP contribution in [-0.2, 0) is 14.3 Å². The van der Waals surface area contributed by atoms with Crippen LogP contribution in [-0.4, -0.2) is 40.7 Å². The summed E-state index contributed by atoms with van der Waals surface area (Å²) in [5.74, 6) is -5.92. The molecule has 0 bridgehead atoms. The monoisotopic (exact) mass is 402 g/mol. The maximum Gasteiger partial charge on any atom is 0.491 e. The topological polar surface area (TPSA) is 106 Å². The average Bonchev–Trinajstić information content (AvgIpc) is 2.58. The second kappa shape index (κ2) is 8.04. The van der Waals surface area contributed by atoms with Crippen molar-refractivity contribution in [3.05, 3.63) is 47.2 Å². The van der Waals surface area contributed by atoms with Gasteiger partial charge in [0.25, 0.3) is 5.91 Å². The highest BCUT2D eigenvalue weighted by atomic mass is 35.5. The molecule has 2 aromatic rings. The minimum absolute atomic E-state index is 0.445. The van der Waals surface area contributed by atoms with Crippen LogP contribution in [0.15, 0.2) is 36.5 Å². The number of amides is 1. The third kappa shape index (κ3) is 5.42. The van der Waals surface area contributed by atoms with Gasteiger partial charge in [0.1, 0.15) is 12.3 Å². The zero-order chi connectivity index (χ0) is 20.2. The second-order valence-electron chi connectivity index (χ2n) is 5.04. The molecule has 1 aromatic heterocycles. The Bertz CT molecular complexity index is 902. The molecule has 142 valence electrons. The lowest BCUT2D eigenvalue weighted by atomic mass is 10.1. The first-order chi connectivity index (χ1) is 12.6. The van der Waals surface area contributed by atoms with E-state index in [2.05, 4.69) is 9.72 Å². The Kier molecular flexibility index (Phi) is 6.01. The molecule has 0 atom stereocenters. The third-order valence-electron chi connectivity index (χ3n) is 3.07. The number of carbonyl (C=O) groups excluding carboxylic acids is 3. The number of esters is 2. The zero-order valence-electron chi connectivity index (χ0n) is 13.2. The van der Waals surface area contributed by atoms with Gasteiger partial charge < -0.3 is 15.2 Å². The molecule has 0 fully saturated rings. The van der Waals surface area contributed by atoms with Crippen LogP contribution >= 0.6 is 11.6 Å². The highest BCUT2D eigenvalue weighted by Crippen LogP contribution is 2.26. The number of alkyl halides is 3. The van der Waals surface area contributed by atoms with Crippen molar-refractivity contribution >= 4 is 29.4 Å². The molecular formula is C16H10ClF3N2O5. The van der Waals surface area contributed by atoms with E-state index >= 15 is 0 Å². The van der Waals surface area contributed by atoms with Crippen LogP contribution in [0.4, 0.5) is 13.2 Å². The number of hydrogen-bond donors (Lipinski definition) is 2. The molecule has 0 unspecified atom stereocenters. The first-order valence-electron chi connectivity index (χ1n) is 7.13. The van der Waals surface area contributed by atoms with Gasteiger partial charge >= 0.3 is 18.1 Å². The van der Waals surface area contributed by atoms with Crippen molar-refractivity contribution in [2.75, 3.05) is 6.54 Å². The number of nitrogens with one attached hydrogen (secondary N) is 1. The Morgan fingerprint density at radius 1 is 1.19 bits per heavy atom. The molecule has 7 nitrogen and oxygen atoms in total. The van der Waals surface area contributed by atoms with E-state index in [4.69, 9.17) is 11.6 Å². The molecule has 1 aromatic carbocycles. The largest absolute Gasteiger partial charge is 0.505 e. The number of aromatic hydroxyl groups is 1. The molecule has 27 heavy (non-hydrogen) atoms. The molecule has 11 heteroatoms. The summed E-state index contributed by atoms with van der Waals surface area (Å²) in [7, 11) is 0. The Hall–Kier alpha value is -3.14. The van der Waals surface area contributed by atoms with Crippen LogP contribution < -0.4 is 5.32 Å². The number of ether oxygens (including phenoxy) is 1. The molecule has 1 amide bonds. The van der Waals surface area contributed by atoms with Gasteiger partial charge in [-0.25, -0.2) is 14.6 Å². The summed E-state index contributed by atoms with van der Waals surface area (Å²) in [5, 5.41) is 12.3. The van der Waals surface area contributed by atoms with E-state index in [1.54, 1.807) is 24.3 Å². The molecule has 0 aliphatic heterocycles. The number of hydrogen-bond acceptors (Lipinski definition) is 6. The van der Waals surface area contributed by atoms with Crippen LogP contribution in [0, 0.1) is 0 Å². The predicted molar refractivity (Wildman–Crippen MR) is 85.8 cm³/mol. The minimum atomic E-state index is -5.34. The van der Waals surface area contributed by atoms with Gasteiger partial charge in [-0.05, 0) is 23.8 Å². The zero-order valence-corrected chi connectivity index (χ0v) is 14.0. The van der Waals surface area contributed by atoms with Crippen molar-refractivity contribution in [1.82, 2.24) is 10.3 Å². The summed E-state index contributed by atoms with van der Waals surface area (Å²) >= 11 is 5.87. The summed E-state index contributed by atoms with van der Waals surface area (Å²) in [5.41, 5.74) is 0.587. The lowest BCUT2D eigenvalue weighted by molar-refractivity contribution is -0.201. The van der Waals surface area contributed by atoms with Crippen LogP contribution in [0.25, 0.3) is 11.1 Å². The van der Waals surface area contributed by atoms with Crippen molar-refractivity contribution < 1.29 is 37.4 Å². The summed E-state index contributed by atoms with van der Waals surface area (Å²) in [4.78, 5) is 37.3. The van der Waals surface area contributed by atoms with Gasteiger partial charge in [-0.2, -0.15) is 13.2 Å². The van der Waals surface area contributed by atoms with Gasteiger partial charge in [0.15, 0.2) is 5.69 Å². The Morgan fingerprint density at radius 3 is 2.48 bits per heavy atom. The average molecular weight is 403 g/mol. The molecule has 0 radical (unpaired) electrons. The van der Waals surface area contributed by atoms with Crippen LogP contribution in [0.5, 0.6) is 5.75 Å². The molecule has 0 saturated heterocycles. The minimum Gasteiger partial charge on any atom is -0.505 e. The highest BCUT2D eigenvalue weighted by molar-refractivity contribution is 6.30. The van der Waals surface area contributed by atoms with Crippen LogP contribution in [0.2, 0.25) is 5.02 Å². The number of aromatic nitrogens is 1. The number of carbonyl (C=O) groups is 3. The standard InChI is InChI=1S/C16H10ClF3N2O5/c17-10-3-1-2-8(4-10)9-5-11(23)13(21-6-9)14(25)22-7-12(24)27-15(26)16(18,19)20/h1-6,23H,7H2,(H,22,25). The lowest BCUT2D eigenvalue weighted by Crippen LogP contribution is -2.35. The van der Waals surface area contributed by atoms with Crippen LogP contribution in [0.1, 0.15) is 10.5 Å². The fourth-order valence-corrected chi connectivity index (χ4v) is 2.08. The molecule has 0 aliphatic rings. The van der Waals surface area contributed by atoms with Gasteiger partial charge in [0.2, 0.25) is 0 Å². The number of pyridine rings is 1. The normalized spacial score (nSPS) is 11.0. The van der Waals surface area contributed by atoms with E-state index < -0.39 is 42.0 Å². The van der Waals surface area contributed by atoms with Crippen molar-refractivity contribution in [3.8, 4) is 16.9 Å². The molecule has 2 rings (SSSR count). The number of benzene rings is 1. The highest BCUT2D eigenvalue weighted by Gasteiger charge is 2.42. The van der Waals surface area contributed by atoms with E-state index in [9.17, 15) is 32.7 Å². The third-order valence-corrected chi connectivity index (χ3v) is 3.31. The molecule has 2 N–H and O–H groups in total. The van der Waals surface area contributed by atoms with Crippen molar-refractivity contribution in [1.29, 1.82) is 0 Å². The van der Waals surface area contributed by atoms with E-state index in [0.29, 0.717) is 16.1 Å². The quantitative estimate of drug-likeness (QED) is 0.601. The van der Waals surface area contributed by atoms with Gasteiger partial charge in [0.05, 0.1) is 0 Å². The fraction of sp³-hybridized carbons (Fsp3) is 0.125. The number of nitrogens with zero attached hydrogens (tertiary/aromatic N) is 1. The molecule has 0 aliphatic carbocycles. The van der Waals surface area contributed by atoms with Crippen molar-refractivity contribution in [3.63, 3.8) is 0 Å². The Labute approximate surface area is 154 Å². The van der Waals surface area contributed by atoms with Gasteiger partial charge in [-0.1, -0.05) is 23.7 Å². The molecular weight excluding hydrogens is 393 g/mol. The van der Waals surface area contributed by atoms with E-state index in [0.717, 1.165) is 0 Å². The smallest absolute Gasteiger partial charge is 0.491 e. The van der Waals surface area contributed by atoms with E-state index in [1.807, 2.05) is 5.32 Å². The van der Waals surface area contributed by atoms with E-state index in [-0.39, 0.29) is 0 Å². The lowest BCUT2D eigenvalue weighted by Gasteiger charge is -2.08. The van der Waals surface area contributed by atoms with Crippen molar-refractivity contribution in [2.45, 2.75) is 6.18 Å². The Balaban J connectivity index is 2.03. The van der Waals surface area contributed by atoms with Gasteiger partial charge in [-0.15, -0.1) is 0 Å². The summed E-state index contributed by atoms with van der Waals surface area (Å²) in [6, 6.07) is 7.83. The Morgan fingerprint density at radius 2 is 1.89 bits per heavy atom.